The van der Waals surface area contributed by atoms with Crippen LogP contribution in [-0.2, 0) is 6.18 Å². The molecule has 0 aliphatic heterocycles. The van der Waals surface area contributed by atoms with Gasteiger partial charge in [-0.3, -0.25) is 0 Å². The van der Waals surface area contributed by atoms with Gasteiger partial charge < -0.3 is 11.1 Å². The van der Waals surface area contributed by atoms with Crippen molar-refractivity contribution in [3.8, 4) is 0 Å². The third-order valence-electron chi connectivity index (χ3n) is 3.92. The zero-order valence-corrected chi connectivity index (χ0v) is 11.7. The van der Waals surface area contributed by atoms with Crippen molar-refractivity contribution in [2.45, 2.75) is 51.7 Å². The number of rotatable bonds is 2. The summed E-state index contributed by atoms with van der Waals surface area (Å²) < 4.78 is 37.9. The van der Waals surface area contributed by atoms with Gasteiger partial charge in [-0.15, -0.1) is 0 Å². The number of nitrogens with zero attached hydrogens (tertiary/aromatic N) is 1. The van der Waals surface area contributed by atoms with Crippen LogP contribution in [0, 0.1) is 5.41 Å². The summed E-state index contributed by atoms with van der Waals surface area (Å²) in [4.78, 5) is 3.34. The van der Waals surface area contributed by atoms with Gasteiger partial charge in [-0.05, 0) is 37.2 Å². The lowest BCUT2D eigenvalue weighted by Crippen LogP contribution is -2.30. The maximum atomic E-state index is 12.6. The Labute approximate surface area is 116 Å². The Morgan fingerprint density at radius 3 is 2.45 bits per heavy atom. The van der Waals surface area contributed by atoms with Gasteiger partial charge in [0.1, 0.15) is 5.69 Å². The number of aromatic nitrogens is 1. The average molecular weight is 287 g/mol. The second-order valence-electron chi connectivity index (χ2n) is 6.24. The van der Waals surface area contributed by atoms with Crippen LogP contribution >= 0.6 is 0 Å². The molecule has 1 fully saturated rings. The van der Waals surface area contributed by atoms with Crippen LogP contribution in [0.4, 0.5) is 24.5 Å². The first-order valence-corrected chi connectivity index (χ1v) is 6.77. The lowest BCUT2D eigenvalue weighted by Gasteiger charge is -2.35. The SMILES string of the molecule is CC1(C)CCC(Nc2cc(C(F)(F)F)ncc2N)CC1. The second kappa shape index (κ2) is 5.14. The van der Waals surface area contributed by atoms with E-state index in [0.29, 0.717) is 11.1 Å². The third-order valence-corrected chi connectivity index (χ3v) is 3.92. The molecule has 0 bridgehead atoms. The predicted molar refractivity (Wildman–Crippen MR) is 73.3 cm³/mol. The molecular weight excluding hydrogens is 267 g/mol. The smallest absolute Gasteiger partial charge is 0.396 e. The highest BCUT2D eigenvalue weighted by Crippen LogP contribution is 2.37. The highest BCUT2D eigenvalue weighted by Gasteiger charge is 2.33. The number of hydrogen-bond donors (Lipinski definition) is 2. The van der Waals surface area contributed by atoms with Crippen LogP contribution in [-0.4, -0.2) is 11.0 Å². The predicted octanol–water partition coefficient (Wildman–Crippen LogP) is 4.06. The van der Waals surface area contributed by atoms with Crippen LogP contribution in [0.25, 0.3) is 0 Å². The van der Waals surface area contributed by atoms with E-state index in [2.05, 4.69) is 24.1 Å². The van der Waals surface area contributed by atoms with E-state index in [1.165, 1.54) is 0 Å². The molecule has 20 heavy (non-hydrogen) atoms. The minimum Gasteiger partial charge on any atom is -0.396 e. The topological polar surface area (TPSA) is 50.9 Å². The average Bonchev–Trinajstić information content (AvgIpc) is 2.33. The van der Waals surface area contributed by atoms with Gasteiger partial charge >= 0.3 is 6.18 Å². The number of nitrogens with one attached hydrogen (secondary N) is 1. The number of nitrogen functional groups attached to an aromatic ring is 1. The molecule has 112 valence electrons. The maximum absolute atomic E-state index is 12.6. The molecule has 0 atom stereocenters. The van der Waals surface area contributed by atoms with Crippen LogP contribution in [0.2, 0.25) is 0 Å². The molecule has 1 aliphatic carbocycles. The highest BCUT2D eigenvalue weighted by atomic mass is 19.4. The van der Waals surface area contributed by atoms with Crippen LogP contribution in [0.3, 0.4) is 0 Å². The van der Waals surface area contributed by atoms with E-state index in [9.17, 15) is 13.2 Å². The Morgan fingerprint density at radius 1 is 1.30 bits per heavy atom. The fourth-order valence-corrected chi connectivity index (χ4v) is 2.51. The van der Waals surface area contributed by atoms with Gasteiger partial charge in [0, 0.05) is 6.04 Å². The van der Waals surface area contributed by atoms with Gasteiger partial charge in [0.25, 0.3) is 0 Å². The highest BCUT2D eigenvalue weighted by molar-refractivity contribution is 5.65. The van der Waals surface area contributed by atoms with Crippen LogP contribution in [0.15, 0.2) is 12.3 Å². The minimum absolute atomic E-state index is 0.175. The van der Waals surface area contributed by atoms with Crippen molar-refractivity contribution in [2.75, 3.05) is 11.1 Å². The molecule has 1 heterocycles. The second-order valence-corrected chi connectivity index (χ2v) is 6.24. The van der Waals surface area contributed by atoms with E-state index in [0.717, 1.165) is 37.9 Å². The summed E-state index contributed by atoms with van der Waals surface area (Å²) >= 11 is 0. The summed E-state index contributed by atoms with van der Waals surface area (Å²) in [7, 11) is 0. The molecule has 6 heteroatoms. The Bertz CT molecular complexity index is 473. The number of halogens is 3. The molecule has 3 nitrogen and oxygen atoms in total. The maximum Gasteiger partial charge on any atom is 0.433 e. The van der Waals surface area contributed by atoms with Crippen LogP contribution in [0.5, 0.6) is 0 Å². The van der Waals surface area contributed by atoms with E-state index in [1.807, 2.05) is 0 Å². The summed E-state index contributed by atoms with van der Waals surface area (Å²) in [6, 6.07) is 1.17. The van der Waals surface area contributed by atoms with Crippen molar-refractivity contribution in [3.05, 3.63) is 18.0 Å². The normalized spacial score (nSPS) is 19.9. The number of pyridine rings is 1. The summed E-state index contributed by atoms with van der Waals surface area (Å²) in [6.45, 7) is 4.43. The molecule has 1 aliphatic rings. The lowest BCUT2D eigenvalue weighted by molar-refractivity contribution is -0.141. The molecule has 0 aromatic carbocycles. The van der Waals surface area contributed by atoms with E-state index >= 15 is 0 Å². The quantitative estimate of drug-likeness (QED) is 0.862. The van der Waals surface area contributed by atoms with Crippen LogP contribution in [0.1, 0.15) is 45.2 Å². The van der Waals surface area contributed by atoms with Crippen molar-refractivity contribution < 1.29 is 13.2 Å². The number of alkyl halides is 3. The molecule has 0 unspecified atom stereocenters. The Balaban J connectivity index is 2.10. The van der Waals surface area contributed by atoms with E-state index in [4.69, 9.17) is 5.73 Å². The van der Waals surface area contributed by atoms with Gasteiger partial charge in [0.05, 0.1) is 17.6 Å². The van der Waals surface area contributed by atoms with Gasteiger partial charge in [-0.2, -0.15) is 13.2 Å². The molecule has 0 amide bonds. The Hall–Kier alpha value is -1.46. The van der Waals surface area contributed by atoms with Crippen molar-refractivity contribution in [1.82, 2.24) is 4.98 Å². The summed E-state index contributed by atoms with van der Waals surface area (Å²) in [5.74, 6) is 0. The van der Waals surface area contributed by atoms with Gasteiger partial charge in [-0.25, -0.2) is 4.98 Å². The molecule has 0 radical (unpaired) electrons. The molecule has 1 aromatic heterocycles. The number of hydrogen-bond acceptors (Lipinski definition) is 3. The van der Waals surface area contributed by atoms with E-state index < -0.39 is 11.9 Å². The van der Waals surface area contributed by atoms with E-state index in [1.54, 1.807) is 0 Å². The lowest BCUT2D eigenvalue weighted by atomic mass is 9.75. The molecule has 3 N–H and O–H groups in total. The standard InChI is InChI=1S/C14H20F3N3/c1-13(2)5-3-9(4-6-13)20-11-7-12(14(15,16)17)19-8-10(11)18/h7-9H,3-6,18H2,1-2H3,(H,19,20). The van der Waals surface area contributed by atoms with E-state index in [-0.39, 0.29) is 11.7 Å². The molecule has 0 spiro atoms. The van der Waals surface area contributed by atoms with Crippen molar-refractivity contribution in [2.24, 2.45) is 5.41 Å². The van der Waals surface area contributed by atoms with Crippen LogP contribution < -0.4 is 11.1 Å². The monoisotopic (exact) mass is 287 g/mol. The number of nitrogens with two attached hydrogens (primary N) is 1. The fourth-order valence-electron chi connectivity index (χ4n) is 2.51. The zero-order valence-electron chi connectivity index (χ0n) is 11.7. The zero-order chi connectivity index (χ0) is 15.0. The Kier molecular flexibility index (Phi) is 3.84. The summed E-state index contributed by atoms with van der Waals surface area (Å²) in [6.07, 6.45) is 0.617. The molecule has 1 aromatic rings. The Morgan fingerprint density at radius 2 is 1.90 bits per heavy atom. The fraction of sp³-hybridized carbons (Fsp3) is 0.643. The molecular formula is C14H20F3N3. The molecule has 0 saturated heterocycles. The summed E-state index contributed by atoms with van der Waals surface area (Å²) in [5, 5.41) is 3.13. The minimum atomic E-state index is -4.45. The van der Waals surface area contributed by atoms with Crippen molar-refractivity contribution >= 4 is 11.4 Å². The third kappa shape index (κ3) is 3.55. The first-order chi connectivity index (χ1) is 9.17. The van der Waals surface area contributed by atoms with Crippen molar-refractivity contribution in [1.29, 1.82) is 0 Å². The molecule has 2 rings (SSSR count). The van der Waals surface area contributed by atoms with Gasteiger partial charge in [0.15, 0.2) is 0 Å². The molecule has 1 saturated carbocycles. The first-order valence-electron chi connectivity index (χ1n) is 6.77. The largest absolute Gasteiger partial charge is 0.433 e. The van der Waals surface area contributed by atoms with Gasteiger partial charge in [-0.1, -0.05) is 13.8 Å². The van der Waals surface area contributed by atoms with Crippen molar-refractivity contribution in [3.63, 3.8) is 0 Å². The summed E-state index contributed by atoms with van der Waals surface area (Å²) in [5.41, 5.74) is 5.70. The van der Waals surface area contributed by atoms with Gasteiger partial charge in [0.2, 0.25) is 0 Å². The number of anilines is 2. The first kappa shape index (κ1) is 14.9.